The monoisotopic (exact) mass is 342 g/mol. The Kier molecular flexibility index (Phi) is 4.39. The number of hydrogen-bond donors (Lipinski definition) is 2. The van der Waals surface area contributed by atoms with Crippen LogP contribution in [0, 0.1) is 5.82 Å². The molecule has 2 N–H and O–H groups in total. The largest absolute Gasteiger partial charge is 0.323 e. The smallest absolute Gasteiger partial charge is 0.308 e. The van der Waals surface area contributed by atoms with Crippen molar-refractivity contribution in [1.29, 1.82) is 0 Å². The first-order valence-electron chi connectivity index (χ1n) is 5.33. The minimum absolute atomic E-state index is 0.143. The lowest BCUT2D eigenvalue weighted by atomic mass is 10.3. The number of benzene rings is 2. The summed E-state index contributed by atoms with van der Waals surface area (Å²) in [7, 11) is 0. The molecule has 0 aliphatic heterocycles. The maximum Gasteiger partial charge on any atom is 0.323 e. The van der Waals surface area contributed by atoms with E-state index >= 15 is 0 Å². The van der Waals surface area contributed by atoms with E-state index in [4.69, 9.17) is 11.6 Å². The molecule has 0 radical (unpaired) electrons. The van der Waals surface area contributed by atoms with E-state index in [0.29, 0.717) is 11.4 Å². The van der Waals surface area contributed by atoms with Crippen molar-refractivity contribution in [2.45, 2.75) is 0 Å². The molecule has 98 valence electrons. The summed E-state index contributed by atoms with van der Waals surface area (Å²) in [6, 6.07) is 10.5. The number of carbonyl (C=O) groups excluding carboxylic acids is 1. The Morgan fingerprint density at radius 1 is 1.16 bits per heavy atom. The molecular formula is C13H9BrClFN2O. The molecule has 0 spiro atoms. The average Bonchev–Trinajstić information content (AvgIpc) is 2.33. The Morgan fingerprint density at radius 3 is 2.63 bits per heavy atom. The summed E-state index contributed by atoms with van der Waals surface area (Å²) in [5, 5.41) is 5.32. The van der Waals surface area contributed by atoms with Gasteiger partial charge < -0.3 is 10.6 Å². The lowest BCUT2D eigenvalue weighted by Gasteiger charge is -2.09. The van der Waals surface area contributed by atoms with Gasteiger partial charge in [0.1, 0.15) is 5.82 Å². The first-order chi connectivity index (χ1) is 9.04. The molecule has 2 amide bonds. The minimum atomic E-state index is -0.456. The van der Waals surface area contributed by atoms with E-state index in [2.05, 4.69) is 26.6 Å². The maximum atomic E-state index is 12.9. The van der Waals surface area contributed by atoms with Gasteiger partial charge in [-0.1, -0.05) is 33.6 Å². The van der Waals surface area contributed by atoms with Gasteiger partial charge in [0.05, 0.1) is 10.7 Å². The molecule has 0 saturated heterocycles. The van der Waals surface area contributed by atoms with Gasteiger partial charge in [-0.25, -0.2) is 9.18 Å². The molecule has 0 saturated carbocycles. The molecule has 2 rings (SSSR count). The van der Waals surface area contributed by atoms with Crippen molar-refractivity contribution in [1.82, 2.24) is 0 Å². The fourth-order valence-electron chi connectivity index (χ4n) is 1.44. The van der Waals surface area contributed by atoms with Gasteiger partial charge >= 0.3 is 6.03 Å². The molecule has 0 aliphatic rings. The van der Waals surface area contributed by atoms with Crippen LogP contribution in [0.1, 0.15) is 0 Å². The van der Waals surface area contributed by atoms with Crippen molar-refractivity contribution in [2.24, 2.45) is 0 Å². The van der Waals surface area contributed by atoms with Crippen LogP contribution in [-0.4, -0.2) is 6.03 Å². The fourth-order valence-corrected chi connectivity index (χ4v) is 2.06. The number of urea groups is 1. The third kappa shape index (κ3) is 3.94. The summed E-state index contributed by atoms with van der Waals surface area (Å²) in [4.78, 5) is 11.7. The third-order valence-electron chi connectivity index (χ3n) is 2.26. The minimum Gasteiger partial charge on any atom is -0.308 e. The van der Waals surface area contributed by atoms with Crippen molar-refractivity contribution in [3.05, 3.63) is 57.8 Å². The Hall–Kier alpha value is -1.59. The zero-order valence-corrected chi connectivity index (χ0v) is 11.9. The van der Waals surface area contributed by atoms with Crippen molar-refractivity contribution in [3.63, 3.8) is 0 Å². The number of nitrogens with one attached hydrogen (secondary N) is 2. The molecule has 19 heavy (non-hydrogen) atoms. The van der Waals surface area contributed by atoms with E-state index < -0.39 is 11.8 Å². The molecule has 2 aromatic carbocycles. The van der Waals surface area contributed by atoms with Gasteiger partial charge in [-0.05, 0) is 36.4 Å². The average molecular weight is 344 g/mol. The Balaban J connectivity index is 2.05. The SMILES string of the molecule is O=C(Nc1cccc(Br)c1)Nc1ccc(F)cc1Cl. The van der Waals surface area contributed by atoms with Crippen LogP contribution in [-0.2, 0) is 0 Å². The van der Waals surface area contributed by atoms with Gasteiger partial charge in [0.25, 0.3) is 0 Å². The van der Waals surface area contributed by atoms with Gasteiger partial charge in [0.2, 0.25) is 0 Å². The molecule has 0 bridgehead atoms. The number of rotatable bonds is 2. The molecule has 0 atom stereocenters. The Morgan fingerprint density at radius 2 is 1.95 bits per heavy atom. The third-order valence-corrected chi connectivity index (χ3v) is 3.07. The van der Waals surface area contributed by atoms with Crippen LogP contribution in [0.25, 0.3) is 0 Å². The van der Waals surface area contributed by atoms with Crippen LogP contribution in [0.2, 0.25) is 5.02 Å². The summed E-state index contributed by atoms with van der Waals surface area (Å²) in [6.45, 7) is 0. The van der Waals surface area contributed by atoms with Crippen molar-refractivity contribution < 1.29 is 9.18 Å². The van der Waals surface area contributed by atoms with Crippen molar-refractivity contribution >= 4 is 44.9 Å². The molecule has 0 unspecified atom stereocenters. The van der Waals surface area contributed by atoms with Gasteiger partial charge in [-0.15, -0.1) is 0 Å². The predicted octanol–water partition coefficient (Wildman–Crippen LogP) is 4.89. The molecule has 3 nitrogen and oxygen atoms in total. The summed E-state index contributed by atoms with van der Waals surface area (Å²) >= 11 is 9.12. The van der Waals surface area contributed by atoms with Crippen LogP contribution in [0.3, 0.4) is 0 Å². The standard InChI is InChI=1S/C13H9BrClFN2O/c14-8-2-1-3-10(6-8)17-13(19)18-12-5-4-9(16)7-11(12)15/h1-7H,(H2,17,18,19). The highest BCUT2D eigenvalue weighted by Crippen LogP contribution is 2.23. The van der Waals surface area contributed by atoms with E-state index in [0.717, 1.165) is 10.5 Å². The molecule has 0 fully saturated rings. The highest BCUT2D eigenvalue weighted by molar-refractivity contribution is 9.10. The number of anilines is 2. The van der Waals surface area contributed by atoms with E-state index in [1.807, 2.05) is 6.07 Å². The second-order valence-corrected chi connectivity index (χ2v) is 5.04. The number of hydrogen-bond acceptors (Lipinski definition) is 1. The van der Waals surface area contributed by atoms with Crippen LogP contribution in [0.4, 0.5) is 20.6 Å². The maximum absolute atomic E-state index is 12.9. The normalized spacial score (nSPS) is 10.1. The second kappa shape index (κ2) is 6.04. The zero-order chi connectivity index (χ0) is 13.8. The van der Waals surface area contributed by atoms with Crippen molar-refractivity contribution in [2.75, 3.05) is 10.6 Å². The highest BCUT2D eigenvalue weighted by Gasteiger charge is 2.07. The first kappa shape index (κ1) is 13.8. The first-order valence-corrected chi connectivity index (χ1v) is 6.50. The van der Waals surface area contributed by atoms with Crippen LogP contribution < -0.4 is 10.6 Å². The predicted molar refractivity (Wildman–Crippen MR) is 78.2 cm³/mol. The lowest BCUT2D eigenvalue weighted by Crippen LogP contribution is -2.19. The molecule has 0 heterocycles. The Labute approximate surface area is 122 Å². The van der Waals surface area contributed by atoms with E-state index in [-0.39, 0.29) is 5.02 Å². The number of amides is 2. The van der Waals surface area contributed by atoms with E-state index in [1.165, 1.54) is 12.1 Å². The summed E-state index contributed by atoms with van der Waals surface area (Å²) in [5.74, 6) is -0.456. The lowest BCUT2D eigenvalue weighted by molar-refractivity contribution is 0.262. The van der Waals surface area contributed by atoms with Gasteiger partial charge in [0, 0.05) is 10.2 Å². The molecular weight excluding hydrogens is 335 g/mol. The Bertz CT molecular complexity index is 621. The fraction of sp³-hybridized carbons (Fsp3) is 0. The molecule has 0 aromatic heterocycles. The molecule has 0 aliphatic carbocycles. The summed E-state index contributed by atoms with van der Waals surface area (Å²) < 4.78 is 13.7. The second-order valence-electron chi connectivity index (χ2n) is 3.71. The van der Waals surface area contributed by atoms with Crippen LogP contribution in [0.15, 0.2) is 46.9 Å². The van der Waals surface area contributed by atoms with Crippen molar-refractivity contribution in [3.8, 4) is 0 Å². The molecule has 6 heteroatoms. The zero-order valence-electron chi connectivity index (χ0n) is 9.58. The van der Waals surface area contributed by atoms with Gasteiger partial charge in [-0.2, -0.15) is 0 Å². The topological polar surface area (TPSA) is 41.1 Å². The van der Waals surface area contributed by atoms with Crippen LogP contribution >= 0.6 is 27.5 Å². The van der Waals surface area contributed by atoms with Crippen LogP contribution in [0.5, 0.6) is 0 Å². The van der Waals surface area contributed by atoms with Gasteiger partial charge in [-0.3, -0.25) is 0 Å². The highest BCUT2D eigenvalue weighted by atomic mass is 79.9. The number of halogens is 3. The van der Waals surface area contributed by atoms with E-state index in [9.17, 15) is 9.18 Å². The summed E-state index contributed by atoms with van der Waals surface area (Å²) in [5.41, 5.74) is 0.973. The quantitative estimate of drug-likeness (QED) is 0.801. The van der Waals surface area contributed by atoms with Gasteiger partial charge in [0.15, 0.2) is 0 Å². The number of carbonyl (C=O) groups is 1. The molecule has 2 aromatic rings. The summed E-state index contributed by atoms with van der Waals surface area (Å²) in [6.07, 6.45) is 0. The van der Waals surface area contributed by atoms with E-state index in [1.54, 1.807) is 18.2 Å².